The van der Waals surface area contributed by atoms with Gasteiger partial charge in [-0.15, -0.1) is 0 Å². The standard InChI is InChI=1S/C31H29BrClN3O5S/c1-3-40-30-17-23(12-15-29(30)41-21-24-6-4-8-26(33)16-24)19-34-35-31(37)20-36(27-9-5-7-25(32)18-27)42(38,39)28-13-10-22(2)11-14-28/h4-19H,3,20-21H2,1-2H3,(H,35,37)/b34-19-. The number of halogens is 2. The maximum Gasteiger partial charge on any atom is 0.264 e. The lowest BCUT2D eigenvalue weighted by molar-refractivity contribution is -0.119. The van der Waals surface area contributed by atoms with Gasteiger partial charge in [-0.3, -0.25) is 9.10 Å². The lowest BCUT2D eigenvalue weighted by atomic mass is 10.2. The summed E-state index contributed by atoms with van der Waals surface area (Å²) in [4.78, 5) is 13.0. The molecule has 0 unspecified atom stereocenters. The number of amides is 1. The highest BCUT2D eigenvalue weighted by Crippen LogP contribution is 2.29. The van der Waals surface area contributed by atoms with E-state index in [-0.39, 0.29) is 4.90 Å². The van der Waals surface area contributed by atoms with Crippen molar-refractivity contribution in [1.82, 2.24) is 5.43 Å². The van der Waals surface area contributed by atoms with Crippen LogP contribution in [0.1, 0.15) is 23.6 Å². The summed E-state index contributed by atoms with van der Waals surface area (Å²) >= 11 is 9.43. The van der Waals surface area contributed by atoms with E-state index in [4.69, 9.17) is 21.1 Å². The van der Waals surface area contributed by atoms with Gasteiger partial charge in [-0.2, -0.15) is 5.10 Å². The Morgan fingerprint density at radius 3 is 2.45 bits per heavy atom. The first-order valence-corrected chi connectivity index (χ1v) is 15.6. The van der Waals surface area contributed by atoms with E-state index >= 15 is 0 Å². The van der Waals surface area contributed by atoms with Crippen molar-refractivity contribution < 1.29 is 22.7 Å². The summed E-state index contributed by atoms with van der Waals surface area (Å²) in [5.74, 6) is 0.442. The van der Waals surface area contributed by atoms with E-state index in [0.29, 0.717) is 45.5 Å². The average molecular weight is 671 g/mol. The van der Waals surface area contributed by atoms with E-state index in [2.05, 4.69) is 26.5 Å². The van der Waals surface area contributed by atoms with Crippen molar-refractivity contribution in [3.05, 3.63) is 117 Å². The van der Waals surface area contributed by atoms with Crippen LogP contribution in [0.5, 0.6) is 11.5 Å². The fraction of sp³-hybridized carbons (Fsp3) is 0.161. The SMILES string of the molecule is CCOc1cc(/C=N\NC(=O)CN(c2cccc(Br)c2)S(=O)(=O)c2ccc(C)cc2)ccc1OCc1cccc(Cl)c1. The number of anilines is 1. The Labute approximate surface area is 259 Å². The second-order valence-corrected chi connectivity index (χ2v) is 12.4. The molecule has 0 aliphatic heterocycles. The number of hydrazone groups is 1. The molecule has 4 aromatic rings. The second-order valence-electron chi connectivity index (χ2n) is 9.16. The van der Waals surface area contributed by atoms with E-state index in [1.54, 1.807) is 60.7 Å². The Morgan fingerprint density at radius 1 is 0.976 bits per heavy atom. The van der Waals surface area contributed by atoms with Crippen LogP contribution in [0.2, 0.25) is 5.02 Å². The number of benzene rings is 4. The number of aryl methyl sites for hydroxylation is 1. The Bertz CT molecular complexity index is 1680. The summed E-state index contributed by atoms with van der Waals surface area (Å²) in [5, 5.41) is 4.67. The van der Waals surface area contributed by atoms with Crippen molar-refractivity contribution in [1.29, 1.82) is 0 Å². The third-order valence-corrected chi connectivity index (χ3v) is 8.46. The van der Waals surface area contributed by atoms with Gasteiger partial charge in [0.25, 0.3) is 15.9 Å². The molecule has 0 bridgehead atoms. The number of carbonyl (C=O) groups excluding carboxylic acids is 1. The summed E-state index contributed by atoms with van der Waals surface area (Å²) in [6.07, 6.45) is 1.44. The molecular weight excluding hydrogens is 642 g/mol. The summed E-state index contributed by atoms with van der Waals surface area (Å²) < 4.78 is 40.5. The summed E-state index contributed by atoms with van der Waals surface area (Å²) in [6.45, 7) is 3.98. The van der Waals surface area contributed by atoms with Gasteiger partial charge in [0.1, 0.15) is 13.2 Å². The molecule has 1 N–H and O–H groups in total. The van der Waals surface area contributed by atoms with Gasteiger partial charge in [-0.25, -0.2) is 13.8 Å². The van der Waals surface area contributed by atoms with Gasteiger partial charge in [-0.1, -0.05) is 63.4 Å². The van der Waals surface area contributed by atoms with Crippen LogP contribution >= 0.6 is 27.5 Å². The molecule has 218 valence electrons. The molecule has 4 aromatic carbocycles. The number of rotatable bonds is 12. The molecule has 0 saturated heterocycles. The lowest BCUT2D eigenvalue weighted by Gasteiger charge is -2.24. The Hall–Kier alpha value is -3.86. The fourth-order valence-corrected chi connectivity index (χ4v) is 5.92. The molecule has 0 heterocycles. The van der Waals surface area contributed by atoms with Crippen molar-refractivity contribution in [2.75, 3.05) is 17.5 Å². The zero-order valence-corrected chi connectivity index (χ0v) is 26.1. The van der Waals surface area contributed by atoms with Crippen LogP contribution in [0.3, 0.4) is 0 Å². The second kappa shape index (κ2) is 14.4. The van der Waals surface area contributed by atoms with Crippen molar-refractivity contribution in [3.8, 4) is 11.5 Å². The molecule has 0 aliphatic carbocycles. The molecule has 0 fully saturated rings. The highest BCUT2D eigenvalue weighted by Gasteiger charge is 2.27. The minimum Gasteiger partial charge on any atom is -0.490 e. The molecule has 1 amide bonds. The van der Waals surface area contributed by atoms with E-state index in [1.165, 1.54) is 18.3 Å². The first kappa shape index (κ1) is 31.1. The minimum atomic E-state index is -4.04. The van der Waals surface area contributed by atoms with Gasteiger partial charge in [0.15, 0.2) is 11.5 Å². The number of sulfonamides is 1. The largest absolute Gasteiger partial charge is 0.490 e. The molecular formula is C31H29BrClN3O5S. The van der Waals surface area contributed by atoms with Crippen LogP contribution in [-0.2, 0) is 21.4 Å². The molecule has 11 heteroatoms. The van der Waals surface area contributed by atoms with E-state index < -0.39 is 22.5 Å². The molecule has 0 atom stereocenters. The zero-order valence-electron chi connectivity index (χ0n) is 23.0. The zero-order chi connectivity index (χ0) is 30.1. The van der Waals surface area contributed by atoms with Crippen molar-refractivity contribution >= 4 is 55.4 Å². The lowest BCUT2D eigenvalue weighted by Crippen LogP contribution is -2.39. The summed E-state index contributed by atoms with van der Waals surface area (Å²) in [6, 6.07) is 25.8. The van der Waals surface area contributed by atoms with Crippen molar-refractivity contribution in [2.24, 2.45) is 5.10 Å². The third-order valence-electron chi connectivity index (χ3n) is 5.95. The van der Waals surface area contributed by atoms with E-state index in [0.717, 1.165) is 15.4 Å². The van der Waals surface area contributed by atoms with Gasteiger partial charge < -0.3 is 9.47 Å². The topological polar surface area (TPSA) is 97.3 Å². The molecule has 0 aromatic heterocycles. The fourth-order valence-electron chi connectivity index (χ4n) is 3.91. The number of carbonyl (C=O) groups is 1. The van der Waals surface area contributed by atoms with Crippen LogP contribution in [-0.4, -0.2) is 33.7 Å². The quantitative estimate of drug-likeness (QED) is 0.133. The Balaban J connectivity index is 1.47. The first-order chi connectivity index (χ1) is 20.2. The van der Waals surface area contributed by atoms with Crippen LogP contribution in [0, 0.1) is 6.92 Å². The molecule has 42 heavy (non-hydrogen) atoms. The molecule has 8 nitrogen and oxygen atoms in total. The summed E-state index contributed by atoms with van der Waals surface area (Å²) in [7, 11) is -4.04. The number of nitrogens with zero attached hydrogens (tertiary/aromatic N) is 2. The molecule has 0 saturated carbocycles. The van der Waals surface area contributed by atoms with Gasteiger partial charge in [0.2, 0.25) is 0 Å². The molecule has 0 spiro atoms. The highest BCUT2D eigenvalue weighted by atomic mass is 79.9. The van der Waals surface area contributed by atoms with Gasteiger partial charge in [-0.05, 0) is 85.6 Å². The predicted molar refractivity (Wildman–Crippen MR) is 169 cm³/mol. The monoisotopic (exact) mass is 669 g/mol. The maximum atomic E-state index is 13.5. The van der Waals surface area contributed by atoms with Crippen LogP contribution in [0.15, 0.2) is 105 Å². The number of ether oxygens (including phenoxy) is 2. The van der Waals surface area contributed by atoms with Crippen LogP contribution < -0.4 is 19.2 Å². The van der Waals surface area contributed by atoms with Gasteiger partial charge in [0.05, 0.1) is 23.4 Å². The van der Waals surface area contributed by atoms with Gasteiger partial charge in [0, 0.05) is 9.50 Å². The Morgan fingerprint density at radius 2 is 1.74 bits per heavy atom. The number of nitrogens with one attached hydrogen (secondary N) is 1. The smallest absolute Gasteiger partial charge is 0.264 e. The third kappa shape index (κ3) is 8.34. The molecule has 0 radical (unpaired) electrons. The average Bonchev–Trinajstić information content (AvgIpc) is 2.96. The van der Waals surface area contributed by atoms with Gasteiger partial charge >= 0.3 is 0 Å². The molecule has 4 rings (SSSR count). The molecule has 0 aliphatic rings. The van der Waals surface area contributed by atoms with Crippen molar-refractivity contribution in [2.45, 2.75) is 25.3 Å². The predicted octanol–water partition coefficient (Wildman–Crippen LogP) is 6.73. The van der Waals surface area contributed by atoms with E-state index in [9.17, 15) is 13.2 Å². The first-order valence-electron chi connectivity index (χ1n) is 13.0. The normalized spacial score (nSPS) is 11.3. The minimum absolute atomic E-state index is 0.0745. The highest BCUT2D eigenvalue weighted by molar-refractivity contribution is 9.10. The number of hydrogen-bond acceptors (Lipinski definition) is 6. The van der Waals surface area contributed by atoms with Crippen LogP contribution in [0.4, 0.5) is 5.69 Å². The maximum absolute atomic E-state index is 13.5. The van der Waals surface area contributed by atoms with Crippen LogP contribution in [0.25, 0.3) is 0 Å². The Kier molecular flexibility index (Phi) is 10.6. The summed E-state index contributed by atoms with van der Waals surface area (Å²) in [5.41, 5.74) is 5.24. The van der Waals surface area contributed by atoms with Crippen molar-refractivity contribution in [3.63, 3.8) is 0 Å². The van der Waals surface area contributed by atoms with E-state index in [1.807, 2.05) is 32.0 Å². The number of hydrogen-bond donors (Lipinski definition) is 1.